The Morgan fingerprint density at radius 2 is 2.14 bits per heavy atom. The molecule has 0 aliphatic rings. The molecule has 1 aromatic heterocycles. The Morgan fingerprint density at radius 3 is 2.79 bits per heavy atom. The van der Waals surface area contributed by atoms with Gasteiger partial charge in [0.25, 0.3) is 0 Å². The molecule has 0 radical (unpaired) electrons. The molecule has 0 aliphatic heterocycles. The fourth-order valence-corrected chi connectivity index (χ4v) is 1.36. The van der Waals surface area contributed by atoms with Crippen molar-refractivity contribution in [2.24, 2.45) is 0 Å². The molecule has 0 unspecified atom stereocenters. The van der Waals surface area contributed by atoms with Crippen molar-refractivity contribution in [1.82, 2.24) is 5.16 Å². The maximum atomic E-state index is 13.3. The smallest absolute Gasteiger partial charge is 0.134 e. The molecule has 0 amide bonds. The predicted octanol–water partition coefficient (Wildman–Crippen LogP) is 3.44. The zero-order valence-electron chi connectivity index (χ0n) is 7.42. The summed E-state index contributed by atoms with van der Waals surface area (Å²) in [7, 11) is 0. The van der Waals surface area contributed by atoms with Crippen LogP contribution in [0.2, 0.25) is 5.02 Å². The molecule has 1 heterocycles. The summed E-state index contributed by atoms with van der Waals surface area (Å²) >= 11 is 5.75. The van der Waals surface area contributed by atoms with Gasteiger partial charge in [-0.05, 0) is 25.1 Å². The van der Waals surface area contributed by atoms with Crippen molar-refractivity contribution in [3.05, 3.63) is 40.9 Å². The summed E-state index contributed by atoms with van der Waals surface area (Å²) in [6, 6.07) is 5.98. The van der Waals surface area contributed by atoms with Crippen LogP contribution in [0.3, 0.4) is 0 Å². The van der Waals surface area contributed by atoms with E-state index in [0.29, 0.717) is 22.0 Å². The predicted molar refractivity (Wildman–Crippen MR) is 51.6 cm³/mol. The van der Waals surface area contributed by atoms with Gasteiger partial charge in [-0.1, -0.05) is 16.8 Å². The minimum absolute atomic E-state index is 0.356. The lowest BCUT2D eigenvalue weighted by Crippen LogP contribution is -1.83. The van der Waals surface area contributed by atoms with E-state index >= 15 is 0 Å². The van der Waals surface area contributed by atoms with Crippen LogP contribution in [0, 0.1) is 12.7 Å². The molecule has 0 atom stereocenters. The Hall–Kier alpha value is -1.35. The van der Waals surface area contributed by atoms with E-state index in [4.69, 9.17) is 16.1 Å². The third-order valence-corrected chi connectivity index (χ3v) is 2.07. The SMILES string of the molecule is Cc1cc(-c2cc(Cl)ccc2F)no1. The average Bonchev–Trinajstić information content (AvgIpc) is 2.56. The normalized spacial score (nSPS) is 10.5. The molecule has 0 N–H and O–H groups in total. The van der Waals surface area contributed by atoms with Gasteiger partial charge >= 0.3 is 0 Å². The highest BCUT2D eigenvalue weighted by Crippen LogP contribution is 2.25. The maximum Gasteiger partial charge on any atom is 0.134 e. The summed E-state index contributed by atoms with van der Waals surface area (Å²) in [6.07, 6.45) is 0. The van der Waals surface area contributed by atoms with E-state index in [2.05, 4.69) is 5.16 Å². The van der Waals surface area contributed by atoms with Crippen LogP contribution in [-0.4, -0.2) is 5.16 Å². The highest BCUT2D eigenvalue weighted by Gasteiger charge is 2.09. The van der Waals surface area contributed by atoms with Gasteiger partial charge in [0.1, 0.15) is 17.3 Å². The third kappa shape index (κ3) is 1.63. The zero-order valence-corrected chi connectivity index (χ0v) is 8.18. The Labute approximate surface area is 85.3 Å². The average molecular weight is 212 g/mol. The quantitative estimate of drug-likeness (QED) is 0.722. The van der Waals surface area contributed by atoms with Gasteiger partial charge in [-0.25, -0.2) is 4.39 Å². The summed E-state index contributed by atoms with van der Waals surface area (Å²) < 4.78 is 18.2. The van der Waals surface area contributed by atoms with E-state index < -0.39 is 0 Å². The lowest BCUT2D eigenvalue weighted by molar-refractivity contribution is 0.399. The van der Waals surface area contributed by atoms with Crippen molar-refractivity contribution in [3.8, 4) is 11.3 Å². The van der Waals surface area contributed by atoms with Crippen LogP contribution in [0.4, 0.5) is 4.39 Å². The molecule has 0 saturated heterocycles. The fraction of sp³-hybridized carbons (Fsp3) is 0.100. The van der Waals surface area contributed by atoms with E-state index in [1.165, 1.54) is 18.2 Å². The van der Waals surface area contributed by atoms with Gasteiger partial charge in [-0.15, -0.1) is 0 Å². The molecule has 14 heavy (non-hydrogen) atoms. The van der Waals surface area contributed by atoms with Crippen LogP contribution in [0.25, 0.3) is 11.3 Å². The number of hydrogen-bond acceptors (Lipinski definition) is 2. The standard InChI is InChI=1S/C10H7ClFNO/c1-6-4-10(13-14-6)8-5-7(11)2-3-9(8)12/h2-5H,1H3. The Balaban J connectivity index is 2.55. The first-order chi connectivity index (χ1) is 6.66. The Kier molecular flexibility index (Phi) is 2.25. The number of halogens is 2. The van der Waals surface area contributed by atoms with Crippen molar-refractivity contribution < 1.29 is 8.91 Å². The monoisotopic (exact) mass is 211 g/mol. The van der Waals surface area contributed by atoms with Crippen LogP contribution < -0.4 is 0 Å². The summed E-state index contributed by atoms with van der Waals surface area (Å²) in [5.74, 6) is 0.280. The Bertz CT molecular complexity index is 467. The summed E-state index contributed by atoms with van der Waals surface area (Å²) in [4.78, 5) is 0. The molecule has 72 valence electrons. The second-order valence-corrected chi connectivity index (χ2v) is 3.38. The van der Waals surface area contributed by atoms with Crippen LogP contribution in [-0.2, 0) is 0 Å². The molecule has 0 bridgehead atoms. The Morgan fingerprint density at radius 1 is 1.36 bits per heavy atom. The zero-order chi connectivity index (χ0) is 10.1. The highest BCUT2D eigenvalue weighted by atomic mass is 35.5. The molecular weight excluding hydrogens is 205 g/mol. The van der Waals surface area contributed by atoms with Gasteiger partial charge in [0.15, 0.2) is 0 Å². The van der Waals surface area contributed by atoms with Gasteiger partial charge in [-0.2, -0.15) is 0 Å². The molecule has 2 aromatic rings. The summed E-state index contributed by atoms with van der Waals surface area (Å²) in [5.41, 5.74) is 0.817. The van der Waals surface area contributed by atoms with Crippen LogP contribution in [0.5, 0.6) is 0 Å². The molecule has 0 spiro atoms. The molecule has 0 fully saturated rings. The molecule has 2 nitrogen and oxygen atoms in total. The first-order valence-electron chi connectivity index (χ1n) is 4.05. The number of hydrogen-bond donors (Lipinski definition) is 0. The molecule has 0 saturated carbocycles. The molecule has 2 rings (SSSR count). The van der Waals surface area contributed by atoms with E-state index in [0.717, 1.165) is 0 Å². The van der Waals surface area contributed by atoms with Gasteiger partial charge in [-0.3, -0.25) is 0 Å². The van der Waals surface area contributed by atoms with E-state index in [9.17, 15) is 4.39 Å². The number of aromatic nitrogens is 1. The van der Waals surface area contributed by atoms with Crippen molar-refractivity contribution in [3.63, 3.8) is 0 Å². The molecule has 0 aliphatic carbocycles. The lowest BCUT2D eigenvalue weighted by atomic mass is 10.1. The topological polar surface area (TPSA) is 26.0 Å². The van der Waals surface area contributed by atoms with Crippen LogP contribution in [0.1, 0.15) is 5.76 Å². The van der Waals surface area contributed by atoms with Crippen molar-refractivity contribution in [1.29, 1.82) is 0 Å². The number of nitrogens with zero attached hydrogens (tertiary/aromatic N) is 1. The lowest BCUT2D eigenvalue weighted by Gasteiger charge is -1.98. The number of aryl methyl sites for hydroxylation is 1. The molecular formula is C10H7ClFNO. The number of benzene rings is 1. The molecule has 1 aromatic carbocycles. The largest absolute Gasteiger partial charge is 0.361 e. The van der Waals surface area contributed by atoms with Crippen molar-refractivity contribution in [2.45, 2.75) is 6.92 Å². The second-order valence-electron chi connectivity index (χ2n) is 2.95. The first-order valence-corrected chi connectivity index (χ1v) is 4.43. The minimum Gasteiger partial charge on any atom is -0.361 e. The van der Waals surface area contributed by atoms with Gasteiger partial charge in [0.05, 0.1) is 0 Å². The van der Waals surface area contributed by atoms with Crippen LogP contribution in [0.15, 0.2) is 28.8 Å². The van der Waals surface area contributed by atoms with Gasteiger partial charge < -0.3 is 4.52 Å². The van der Waals surface area contributed by atoms with Gasteiger partial charge in [0, 0.05) is 16.7 Å². The minimum atomic E-state index is -0.359. The van der Waals surface area contributed by atoms with E-state index in [-0.39, 0.29) is 5.82 Å². The third-order valence-electron chi connectivity index (χ3n) is 1.83. The molecule has 4 heteroatoms. The summed E-state index contributed by atoms with van der Waals surface area (Å²) in [6.45, 7) is 1.75. The van der Waals surface area contributed by atoms with Gasteiger partial charge in [0.2, 0.25) is 0 Å². The second kappa shape index (κ2) is 3.42. The number of rotatable bonds is 1. The van der Waals surface area contributed by atoms with Crippen molar-refractivity contribution >= 4 is 11.6 Å². The van der Waals surface area contributed by atoms with E-state index in [1.807, 2.05) is 0 Å². The van der Waals surface area contributed by atoms with Crippen LogP contribution >= 0.6 is 11.6 Å². The van der Waals surface area contributed by atoms with E-state index in [1.54, 1.807) is 13.0 Å². The first kappa shape index (κ1) is 9.21. The van der Waals surface area contributed by atoms with Crippen molar-refractivity contribution in [2.75, 3.05) is 0 Å². The summed E-state index contributed by atoms with van der Waals surface area (Å²) in [5, 5.41) is 4.19. The maximum absolute atomic E-state index is 13.3. The highest BCUT2D eigenvalue weighted by molar-refractivity contribution is 6.30. The fourth-order valence-electron chi connectivity index (χ4n) is 1.19.